The molecular weight excluding hydrogens is 350 g/mol. The largest absolute Gasteiger partial charge is 0.459 e. The van der Waals surface area contributed by atoms with E-state index in [0.29, 0.717) is 31.3 Å². The second-order valence-electron chi connectivity index (χ2n) is 7.72. The fraction of sp³-hybridized carbons (Fsp3) is 0.650. The van der Waals surface area contributed by atoms with Crippen molar-refractivity contribution in [3.63, 3.8) is 0 Å². The Bertz CT molecular complexity index is 642. The molecule has 0 aliphatic heterocycles. The summed E-state index contributed by atoms with van der Waals surface area (Å²) in [5.41, 5.74) is 5.12. The van der Waals surface area contributed by atoms with Crippen LogP contribution in [0.2, 0.25) is 0 Å². The predicted octanol–water partition coefficient (Wildman–Crippen LogP) is 3.17. The molecule has 2 aliphatic rings. The molecule has 0 saturated heterocycles. The molecule has 0 bridgehead atoms. The van der Waals surface area contributed by atoms with Crippen molar-refractivity contribution in [2.75, 3.05) is 0 Å². The summed E-state index contributed by atoms with van der Waals surface area (Å²) >= 11 is 0. The van der Waals surface area contributed by atoms with E-state index in [1.807, 2.05) is 0 Å². The van der Waals surface area contributed by atoms with Crippen LogP contribution in [0.5, 0.6) is 0 Å². The van der Waals surface area contributed by atoms with Gasteiger partial charge in [-0.1, -0.05) is 19.6 Å². The highest BCUT2D eigenvalue weighted by atomic mass is 16.6. The van der Waals surface area contributed by atoms with E-state index in [2.05, 4.69) is 13.2 Å². The highest BCUT2D eigenvalue weighted by Gasteiger charge is 2.50. The van der Waals surface area contributed by atoms with Gasteiger partial charge in [0, 0.05) is 29.9 Å². The number of nitrogens with two attached hydrogens (primary N) is 1. The third kappa shape index (κ3) is 5.34. The lowest BCUT2D eigenvalue weighted by Gasteiger charge is -2.43. The van der Waals surface area contributed by atoms with Gasteiger partial charge in [0.05, 0.1) is 0 Å². The third-order valence-corrected chi connectivity index (χ3v) is 5.34. The summed E-state index contributed by atoms with van der Waals surface area (Å²) in [6.07, 6.45) is 2.67. The number of fused-ring (bicyclic) bond motifs is 1. The summed E-state index contributed by atoms with van der Waals surface area (Å²) in [5, 5.41) is 0. The van der Waals surface area contributed by atoms with Crippen molar-refractivity contribution in [3.8, 4) is 0 Å². The maximum absolute atomic E-state index is 12.1. The van der Waals surface area contributed by atoms with Crippen molar-refractivity contribution in [1.29, 1.82) is 0 Å². The summed E-state index contributed by atoms with van der Waals surface area (Å²) in [6.45, 7) is 10.4. The summed E-state index contributed by atoms with van der Waals surface area (Å²) in [7, 11) is 0. The van der Waals surface area contributed by atoms with Crippen LogP contribution < -0.4 is 5.73 Å². The van der Waals surface area contributed by atoms with Crippen molar-refractivity contribution >= 4 is 18.0 Å². The SMILES string of the molecule is C=C(C)C(=O)OC1CC(OC(=O)C(=C)C)CC2(OC(N)=O)CCCCC2C1. The maximum atomic E-state index is 12.1. The van der Waals surface area contributed by atoms with Gasteiger partial charge in [0.15, 0.2) is 0 Å². The first-order valence-electron chi connectivity index (χ1n) is 9.34. The van der Waals surface area contributed by atoms with Crippen molar-refractivity contribution in [3.05, 3.63) is 24.3 Å². The topological polar surface area (TPSA) is 105 Å². The van der Waals surface area contributed by atoms with Crippen LogP contribution in [0, 0.1) is 5.92 Å². The molecule has 150 valence electrons. The second-order valence-corrected chi connectivity index (χ2v) is 7.72. The Morgan fingerprint density at radius 2 is 1.56 bits per heavy atom. The number of rotatable bonds is 5. The zero-order valence-electron chi connectivity index (χ0n) is 16.1. The molecule has 2 saturated carbocycles. The van der Waals surface area contributed by atoms with Crippen LogP contribution in [-0.4, -0.2) is 35.8 Å². The minimum absolute atomic E-state index is 0.0183. The molecule has 0 aromatic rings. The van der Waals surface area contributed by atoms with E-state index in [9.17, 15) is 14.4 Å². The van der Waals surface area contributed by atoms with Crippen LogP contribution in [0.3, 0.4) is 0 Å². The predicted molar refractivity (Wildman–Crippen MR) is 98.6 cm³/mol. The van der Waals surface area contributed by atoms with Gasteiger partial charge in [-0.15, -0.1) is 0 Å². The van der Waals surface area contributed by atoms with Crippen LogP contribution in [0.15, 0.2) is 24.3 Å². The van der Waals surface area contributed by atoms with Crippen LogP contribution in [-0.2, 0) is 23.8 Å². The van der Waals surface area contributed by atoms with Gasteiger partial charge in [0.1, 0.15) is 17.8 Å². The fourth-order valence-corrected chi connectivity index (χ4v) is 4.13. The van der Waals surface area contributed by atoms with Gasteiger partial charge in [-0.2, -0.15) is 0 Å². The molecule has 4 atom stereocenters. The Hall–Kier alpha value is -2.31. The van der Waals surface area contributed by atoms with E-state index in [4.69, 9.17) is 19.9 Å². The zero-order chi connectivity index (χ0) is 20.2. The molecule has 1 amide bonds. The highest BCUT2D eigenvalue weighted by molar-refractivity contribution is 5.87. The Morgan fingerprint density at radius 1 is 0.963 bits per heavy atom. The fourth-order valence-electron chi connectivity index (χ4n) is 4.13. The molecule has 0 aromatic heterocycles. The van der Waals surface area contributed by atoms with Crippen LogP contribution in [0.1, 0.15) is 58.8 Å². The Kier molecular flexibility index (Phi) is 6.68. The molecule has 2 rings (SSSR count). The molecule has 7 nitrogen and oxygen atoms in total. The second kappa shape index (κ2) is 8.59. The number of hydrogen-bond acceptors (Lipinski definition) is 6. The Balaban J connectivity index is 2.30. The van der Waals surface area contributed by atoms with Crippen LogP contribution in [0.4, 0.5) is 4.79 Å². The average molecular weight is 379 g/mol. The number of carbonyl (C=O) groups excluding carboxylic acids is 3. The summed E-state index contributed by atoms with van der Waals surface area (Å²) in [5.74, 6) is -1.02. The molecule has 0 aromatic carbocycles. The highest BCUT2D eigenvalue weighted by Crippen LogP contribution is 2.46. The van der Waals surface area contributed by atoms with E-state index in [0.717, 1.165) is 19.3 Å². The lowest BCUT2D eigenvalue weighted by Crippen LogP contribution is -2.47. The molecule has 4 unspecified atom stereocenters. The molecule has 2 N–H and O–H groups in total. The number of amides is 1. The third-order valence-electron chi connectivity index (χ3n) is 5.34. The van der Waals surface area contributed by atoms with Crippen molar-refractivity contribution < 1.29 is 28.6 Å². The first-order valence-corrected chi connectivity index (χ1v) is 9.34. The van der Waals surface area contributed by atoms with E-state index >= 15 is 0 Å². The number of primary amides is 1. The molecule has 7 heteroatoms. The molecule has 0 heterocycles. The number of carbonyl (C=O) groups is 3. The standard InChI is InChI=1S/C20H29NO6/c1-12(2)17(22)25-15-9-14-7-5-6-8-20(14,27-19(21)24)11-16(10-15)26-18(23)13(3)4/h14-16H,1,3,5-11H2,2,4H3,(H2,21,24). The average Bonchev–Trinajstić information content (AvgIpc) is 2.69. The summed E-state index contributed by atoms with van der Waals surface area (Å²) < 4.78 is 16.8. The molecule has 0 radical (unpaired) electrons. The van der Waals surface area contributed by atoms with E-state index in [-0.39, 0.29) is 11.5 Å². The monoisotopic (exact) mass is 379 g/mol. The van der Waals surface area contributed by atoms with Crippen molar-refractivity contribution in [2.45, 2.75) is 76.6 Å². The summed E-state index contributed by atoms with van der Waals surface area (Å²) in [6, 6.07) is 0. The van der Waals surface area contributed by atoms with Crippen molar-refractivity contribution in [2.24, 2.45) is 11.7 Å². The van der Waals surface area contributed by atoms with Crippen LogP contribution in [0.25, 0.3) is 0 Å². The van der Waals surface area contributed by atoms with Crippen molar-refractivity contribution in [1.82, 2.24) is 0 Å². The molecular formula is C20H29NO6. The lowest BCUT2D eigenvalue weighted by molar-refractivity contribution is -0.151. The molecule has 27 heavy (non-hydrogen) atoms. The van der Waals surface area contributed by atoms with Gasteiger partial charge in [0.2, 0.25) is 0 Å². The van der Waals surface area contributed by atoms with Gasteiger partial charge in [-0.3, -0.25) is 0 Å². The first-order chi connectivity index (χ1) is 12.6. The summed E-state index contributed by atoms with van der Waals surface area (Å²) in [4.78, 5) is 35.7. The number of esters is 2. The minimum Gasteiger partial charge on any atom is -0.459 e. The quantitative estimate of drug-likeness (QED) is 0.447. The Labute approximate surface area is 159 Å². The smallest absolute Gasteiger partial charge is 0.405 e. The van der Waals surface area contributed by atoms with Gasteiger partial charge < -0.3 is 19.9 Å². The molecule has 2 aliphatic carbocycles. The van der Waals surface area contributed by atoms with Gasteiger partial charge in [0.25, 0.3) is 0 Å². The van der Waals surface area contributed by atoms with E-state index in [1.54, 1.807) is 13.8 Å². The van der Waals surface area contributed by atoms with Gasteiger partial charge in [-0.25, -0.2) is 14.4 Å². The Morgan fingerprint density at radius 3 is 2.11 bits per heavy atom. The zero-order valence-corrected chi connectivity index (χ0v) is 16.1. The van der Waals surface area contributed by atoms with E-state index < -0.39 is 35.8 Å². The molecule has 0 spiro atoms. The van der Waals surface area contributed by atoms with E-state index in [1.165, 1.54) is 0 Å². The minimum atomic E-state index is -0.843. The maximum Gasteiger partial charge on any atom is 0.405 e. The number of ether oxygens (including phenoxy) is 3. The molecule has 2 fully saturated rings. The first kappa shape index (κ1) is 21.0. The van der Waals surface area contributed by atoms with Crippen LogP contribution >= 0.6 is 0 Å². The lowest BCUT2D eigenvalue weighted by atomic mass is 9.72. The number of hydrogen-bond donors (Lipinski definition) is 1. The van der Waals surface area contributed by atoms with Gasteiger partial charge >= 0.3 is 18.0 Å². The normalized spacial score (nSPS) is 30.2. The van der Waals surface area contributed by atoms with Gasteiger partial charge in [-0.05, 0) is 39.5 Å².